The highest BCUT2D eigenvalue weighted by Crippen LogP contribution is 2.24. The number of amides is 2. The predicted octanol–water partition coefficient (Wildman–Crippen LogP) is 1.47. The Balaban J connectivity index is 2.82. The summed E-state index contributed by atoms with van der Waals surface area (Å²) in [5.74, 6) is -0.954. The summed E-state index contributed by atoms with van der Waals surface area (Å²) in [6.07, 6.45) is -1.58. The Bertz CT molecular complexity index is 560. The highest BCUT2D eigenvalue weighted by atomic mass is 16.6. The van der Waals surface area contributed by atoms with Crippen molar-refractivity contribution in [1.82, 2.24) is 10.2 Å². The van der Waals surface area contributed by atoms with Gasteiger partial charge in [0.1, 0.15) is 11.6 Å². The lowest BCUT2D eigenvalue weighted by atomic mass is 9.88. The van der Waals surface area contributed by atoms with E-state index < -0.39 is 29.8 Å². The third-order valence-corrected chi connectivity index (χ3v) is 4.05. The Labute approximate surface area is 173 Å². The van der Waals surface area contributed by atoms with Gasteiger partial charge in [-0.05, 0) is 32.6 Å². The van der Waals surface area contributed by atoms with Crippen molar-refractivity contribution in [3.63, 3.8) is 0 Å². The standard InChI is InChI=1S/C20H36N2O7/c1-19(2,3)13-15(16(24)22-8-11-27-12-9-22)28-18(26)21-14(7-10-23)17(25)29-20(4,5)6/h14-15,23H,7-13H2,1-6H3,(H,21,26)/t14?,15-/m0/s1. The third kappa shape index (κ3) is 9.94. The quantitative estimate of drug-likeness (QED) is 0.604. The van der Waals surface area contributed by atoms with Crippen LogP contribution in [-0.4, -0.2) is 78.6 Å². The van der Waals surface area contributed by atoms with Crippen molar-refractivity contribution < 1.29 is 33.7 Å². The maximum Gasteiger partial charge on any atom is 0.408 e. The molecule has 2 N–H and O–H groups in total. The van der Waals surface area contributed by atoms with Gasteiger partial charge in [0.2, 0.25) is 0 Å². The molecule has 0 aliphatic carbocycles. The van der Waals surface area contributed by atoms with Gasteiger partial charge >= 0.3 is 12.1 Å². The van der Waals surface area contributed by atoms with Gasteiger partial charge in [-0.15, -0.1) is 0 Å². The maximum atomic E-state index is 12.9. The Morgan fingerprint density at radius 2 is 1.69 bits per heavy atom. The molecule has 0 radical (unpaired) electrons. The summed E-state index contributed by atoms with van der Waals surface area (Å²) in [4.78, 5) is 39.2. The average Bonchev–Trinajstić information content (AvgIpc) is 2.58. The van der Waals surface area contributed by atoms with Crippen molar-refractivity contribution in [2.75, 3.05) is 32.9 Å². The van der Waals surface area contributed by atoms with Crippen LogP contribution in [0.4, 0.5) is 4.79 Å². The second-order valence-corrected chi connectivity index (χ2v) is 9.34. The van der Waals surface area contributed by atoms with Crippen molar-refractivity contribution in [2.45, 2.75) is 72.1 Å². The summed E-state index contributed by atoms with van der Waals surface area (Å²) in [6.45, 7) is 12.4. The van der Waals surface area contributed by atoms with Gasteiger partial charge < -0.3 is 29.5 Å². The fraction of sp³-hybridized carbons (Fsp3) is 0.850. The number of nitrogens with one attached hydrogen (secondary N) is 1. The molecule has 0 spiro atoms. The van der Waals surface area contributed by atoms with Crippen LogP contribution >= 0.6 is 0 Å². The largest absolute Gasteiger partial charge is 0.458 e. The SMILES string of the molecule is CC(C)(C)C[C@H](OC(=O)NC(CCO)C(=O)OC(C)(C)C)C(=O)N1CCOCC1. The van der Waals surface area contributed by atoms with E-state index in [1.807, 2.05) is 20.8 Å². The molecule has 168 valence electrons. The lowest BCUT2D eigenvalue weighted by molar-refractivity contribution is -0.157. The molecular weight excluding hydrogens is 380 g/mol. The van der Waals surface area contributed by atoms with E-state index in [9.17, 15) is 19.5 Å². The number of alkyl carbamates (subject to hydrolysis) is 1. The molecule has 1 unspecified atom stereocenters. The highest BCUT2D eigenvalue weighted by Gasteiger charge is 2.34. The number of esters is 1. The van der Waals surface area contributed by atoms with Gasteiger partial charge in [0.05, 0.1) is 13.2 Å². The van der Waals surface area contributed by atoms with Crippen LogP contribution in [0.15, 0.2) is 0 Å². The van der Waals surface area contributed by atoms with Crippen molar-refractivity contribution >= 4 is 18.0 Å². The van der Waals surface area contributed by atoms with Crippen LogP contribution in [0.3, 0.4) is 0 Å². The number of nitrogens with zero attached hydrogens (tertiary/aromatic N) is 1. The molecule has 1 aliphatic heterocycles. The van der Waals surface area contributed by atoms with E-state index in [1.54, 1.807) is 25.7 Å². The summed E-state index contributed by atoms with van der Waals surface area (Å²) in [5, 5.41) is 11.6. The molecule has 9 nitrogen and oxygen atoms in total. The van der Waals surface area contributed by atoms with Crippen LogP contribution in [0.5, 0.6) is 0 Å². The highest BCUT2D eigenvalue weighted by molar-refractivity contribution is 5.85. The number of hydrogen-bond acceptors (Lipinski definition) is 7. The molecular formula is C20H36N2O7. The second kappa shape index (κ2) is 10.8. The second-order valence-electron chi connectivity index (χ2n) is 9.34. The fourth-order valence-corrected chi connectivity index (χ4v) is 2.78. The minimum atomic E-state index is -1.07. The number of carbonyl (C=O) groups is 3. The first-order valence-electron chi connectivity index (χ1n) is 10.00. The zero-order valence-corrected chi connectivity index (χ0v) is 18.4. The van der Waals surface area contributed by atoms with Gasteiger partial charge in [-0.1, -0.05) is 20.8 Å². The zero-order chi connectivity index (χ0) is 22.2. The van der Waals surface area contributed by atoms with Crippen molar-refractivity contribution in [2.24, 2.45) is 5.41 Å². The summed E-state index contributed by atoms with van der Waals surface area (Å²) in [5.41, 5.74) is -1.000. The van der Waals surface area contributed by atoms with Crippen LogP contribution in [0.2, 0.25) is 0 Å². The zero-order valence-electron chi connectivity index (χ0n) is 18.4. The minimum Gasteiger partial charge on any atom is -0.458 e. The van der Waals surface area contributed by atoms with Crippen molar-refractivity contribution in [3.8, 4) is 0 Å². The molecule has 1 aliphatic rings. The molecule has 0 bridgehead atoms. The lowest BCUT2D eigenvalue weighted by Gasteiger charge is -2.32. The van der Waals surface area contributed by atoms with E-state index in [-0.39, 0.29) is 24.3 Å². The summed E-state index contributed by atoms with van der Waals surface area (Å²) in [7, 11) is 0. The summed E-state index contributed by atoms with van der Waals surface area (Å²) >= 11 is 0. The average molecular weight is 417 g/mol. The molecule has 1 rings (SSSR count). The normalized spacial score (nSPS) is 17.3. The van der Waals surface area contributed by atoms with E-state index in [0.29, 0.717) is 32.7 Å². The first kappa shape index (κ1) is 25.2. The first-order valence-corrected chi connectivity index (χ1v) is 10.00. The molecule has 0 aromatic heterocycles. The van der Waals surface area contributed by atoms with Gasteiger partial charge in [0.15, 0.2) is 6.10 Å². The molecule has 0 saturated carbocycles. The van der Waals surface area contributed by atoms with Crippen LogP contribution < -0.4 is 5.32 Å². The number of aliphatic hydroxyl groups is 1. The minimum absolute atomic E-state index is 0.0225. The number of morpholine rings is 1. The number of aliphatic hydroxyl groups excluding tert-OH is 1. The van der Waals surface area contributed by atoms with E-state index in [4.69, 9.17) is 14.2 Å². The summed E-state index contributed by atoms with van der Waals surface area (Å²) in [6, 6.07) is -1.07. The molecule has 9 heteroatoms. The molecule has 2 amide bonds. The Hall–Kier alpha value is -1.87. The predicted molar refractivity (Wildman–Crippen MR) is 106 cm³/mol. The van der Waals surface area contributed by atoms with E-state index in [2.05, 4.69) is 5.32 Å². The Morgan fingerprint density at radius 1 is 1.10 bits per heavy atom. The van der Waals surface area contributed by atoms with Crippen molar-refractivity contribution in [1.29, 1.82) is 0 Å². The van der Waals surface area contributed by atoms with Gasteiger partial charge in [0, 0.05) is 26.1 Å². The first-order chi connectivity index (χ1) is 13.3. The van der Waals surface area contributed by atoms with Crippen molar-refractivity contribution in [3.05, 3.63) is 0 Å². The Kier molecular flexibility index (Phi) is 9.35. The third-order valence-electron chi connectivity index (χ3n) is 4.05. The number of ether oxygens (including phenoxy) is 3. The van der Waals surface area contributed by atoms with E-state index >= 15 is 0 Å². The fourth-order valence-electron chi connectivity index (χ4n) is 2.78. The molecule has 0 aromatic carbocycles. The Morgan fingerprint density at radius 3 is 2.17 bits per heavy atom. The van der Waals surface area contributed by atoms with Gasteiger partial charge in [0.25, 0.3) is 5.91 Å². The number of hydrogen-bond donors (Lipinski definition) is 2. The number of carbonyl (C=O) groups excluding carboxylic acids is 3. The van der Waals surface area contributed by atoms with Crippen LogP contribution in [0, 0.1) is 5.41 Å². The van der Waals surface area contributed by atoms with Crippen LogP contribution in [-0.2, 0) is 23.8 Å². The van der Waals surface area contributed by atoms with E-state index in [0.717, 1.165) is 0 Å². The van der Waals surface area contributed by atoms with Gasteiger partial charge in [-0.3, -0.25) is 4.79 Å². The number of rotatable bonds is 7. The molecule has 1 saturated heterocycles. The van der Waals surface area contributed by atoms with Crippen LogP contribution in [0.1, 0.15) is 54.4 Å². The molecule has 0 aromatic rings. The summed E-state index contributed by atoms with van der Waals surface area (Å²) < 4.78 is 16.0. The smallest absolute Gasteiger partial charge is 0.408 e. The topological polar surface area (TPSA) is 114 Å². The monoisotopic (exact) mass is 416 g/mol. The van der Waals surface area contributed by atoms with Crippen LogP contribution in [0.25, 0.3) is 0 Å². The van der Waals surface area contributed by atoms with Gasteiger partial charge in [-0.2, -0.15) is 0 Å². The molecule has 1 fully saturated rings. The molecule has 29 heavy (non-hydrogen) atoms. The molecule has 2 atom stereocenters. The maximum absolute atomic E-state index is 12.9. The van der Waals surface area contributed by atoms with Gasteiger partial charge in [-0.25, -0.2) is 9.59 Å². The molecule has 1 heterocycles. The van der Waals surface area contributed by atoms with E-state index in [1.165, 1.54) is 0 Å². The lowest BCUT2D eigenvalue weighted by Crippen LogP contribution is -2.50.